The second-order valence-corrected chi connectivity index (χ2v) is 7.89. The maximum absolute atomic E-state index is 14.2. The molecule has 0 spiro atoms. The van der Waals surface area contributed by atoms with Crippen molar-refractivity contribution in [1.82, 2.24) is 4.90 Å². The van der Waals surface area contributed by atoms with Crippen LogP contribution in [0.3, 0.4) is 0 Å². The van der Waals surface area contributed by atoms with E-state index in [1.54, 1.807) is 24.3 Å². The molecule has 1 unspecified atom stereocenters. The van der Waals surface area contributed by atoms with E-state index in [4.69, 9.17) is 4.74 Å². The lowest BCUT2D eigenvalue weighted by Gasteiger charge is -2.30. The second kappa shape index (κ2) is 9.81. The average Bonchev–Trinajstić information content (AvgIpc) is 2.95. The molecule has 0 fully saturated rings. The first-order chi connectivity index (χ1) is 16.0. The van der Waals surface area contributed by atoms with Crippen molar-refractivity contribution in [3.05, 3.63) is 95.1 Å². The molecule has 5 nitrogen and oxygen atoms in total. The van der Waals surface area contributed by atoms with Crippen molar-refractivity contribution in [1.29, 1.82) is 0 Å². The molecule has 0 radical (unpaired) electrons. The Morgan fingerprint density at radius 2 is 1.73 bits per heavy atom. The fourth-order valence-electron chi connectivity index (χ4n) is 3.86. The number of hydrogen-bond acceptors (Lipinski definition) is 3. The number of carbonyl (C=O) groups is 2. The van der Waals surface area contributed by atoms with Gasteiger partial charge in [0.15, 0.2) is 0 Å². The number of carbonyl (C=O) groups excluding carboxylic acids is 2. The van der Waals surface area contributed by atoms with E-state index < -0.39 is 29.5 Å². The lowest BCUT2D eigenvalue weighted by Crippen LogP contribution is -2.39. The molecule has 3 aromatic carbocycles. The summed E-state index contributed by atoms with van der Waals surface area (Å²) in [5.74, 6) is -1.09. The van der Waals surface area contributed by atoms with E-state index in [2.05, 4.69) is 12.2 Å². The van der Waals surface area contributed by atoms with Gasteiger partial charge in [-0.1, -0.05) is 25.5 Å². The number of unbranched alkanes of at least 4 members (excludes halogenated alkanes) is 1. The molecule has 1 heterocycles. The van der Waals surface area contributed by atoms with Gasteiger partial charge in [-0.05, 0) is 66.6 Å². The van der Waals surface area contributed by atoms with Gasteiger partial charge < -0.3 is 15.0 Å². The lowest BCUT2D eigenvalue weighted by molar-refractivity contribution is -0.117. The first-order valence-corrected chi connectivity index (χ1v) is 10.8. The highest BCUT2D eigenvalue weighted by Gasteiger charge is 2.34. The summed E-state index contributed by atoms with van der Waals surface area (Å²) in [6.45, 7) is 2.42. The quantitative estimate of drug-likeness (QED) is 0.517. The van der Waals surface area contributed by atoms with E-state index in [0.29, 0.717) is 34.7 Å². The number of rotatable bonds is 6. The Kier molecular flexibility index (Phi) is 6.68. The van der Waals surface area contributed by atoms with E-state index >= 15 is 0 Å². The Balaban J connectivity index is 1.73. The van der Waals surface area contributed by atoms with Crippen LogP contribution in [0.5, 0.6) is 5.75 Å². The van der Waals surface area contributed by atoms with Gasteiger partial charge in [0.25, 0.3) is 5.91 Å². The zero-order valence-corrected chi connectivity index (χ0v) is 18.2. The number of ether oxygens (including phenoxy) is 1. The number of anilines is 1. The zero-order chi connectivity index (χ0) is 23.4. The van der Waals surface area contributed by atoms with Gasteiger partial charge in [0.05, 0.1) is 12.6 Å². The summed E-state index contributed by atoms with van der Waals surface area (Å²) in [5, 5.41) is 2.74. The highest BCUT2D eigenvalue weighted by molar-refractivity contribution is 6.01. The molecule has 0 aromatic heterocycles. The Morgan fingerprint density at radius 1 is 1.03 bits per heavy atom. The number of nitrogens with zero attached hydrogens (tertiary/aromatic N) is 1. The summed E-state index contributed by atoms with van der Waals surface area (Å²) in [7, 11) is 0. The highest BCUT2D eigenvalue weighted by atomic mass is 19.1. The predicted octanol–water partition coefficient (Wildman–Crippen LogP) is 5.33. The van der Waals surface area contributed by atoms with Crippen molar-refractivity contribution in [3.8, 4) is 5.75 Å². The third-order valence-corrected chi connectivity index (χ3v) is 5.52. The van der Waals surface area contributed by atoms with E-state index in [0.717, 1.165) is 12.8 Å². The maximum Gasteiger partial charge on any atom is 0.255 e. The van der Waals surface area contributed by atoms with Gasteiger partial charge in [-0.15, -0.1) is 0 Å². The molecule has 7 heteroatoms. The molecule has 33 heavy (non-hydrogen) atoms. The summed E-state index contributed by atoms with van der Waals surface area (Å²) in [6.07, 6.45) is 1.94. The highest BCUT2D eigenvalue weighted by Crippen LogP contribution is 2.37. The van der Waals surface area contributed by atoms with E-state index in [1.165, 1.54) is 47.4 Å². The van der Waals surface area contributed by atoms with Gasteiger partial charge in [0, 0.05) is 16.8 Å². The van der Waals surface area contributed by atoms with Crippen LogP contribution in [0.2, 0.25) is 0 Å². The standard InChI is InChI=1S/C26H24F2N2O3/c1-2-3-14-33-21-11-6-18(7-12-21)26(32)30-16-24(31)29-23-13-10-20(28)15-22(23)25(30)17-4-8-19(27)9-5-17/h4-13,15,25H,2-3,14,16H2,1H3,(H,29,31). The average molecular weight is 450 g/mol. The molecular formula is C26H24F2N2O3. The lowest BCUT2D eigenvalue weighted by atomic mass is 9.95. The molecule has 0 saturated heterocycles. The monoisotopic (exact) mass is 450 g/mol. The van der Waals surface area contributed by atoms with Crippen LogP contribution in [0.4, 0.5) is 14.5 Å². The minimum atomic E-state index is -0.789. The molecule has 1 aliphatic heterocycles. The minimum absolute atomic E-state index is 0.244. The Labute approximate surface area is 191 Å². The molecular weight excluding hydrogens is 426 g/mol. The van der Waals surface area contributed by atoms with Crippen molar-refractivity contribution >= 4 is 17.5 Å². The number of fused-ring (bicyclic) bond motifs is 1. The zero-order valence-electron chi connectivity index (χ0n) is 18.2. The second-order valence-electron chi connectivity index (χ2n) is 7.89. The molecule has 1 N–H and O–H groups in total. The van der Waals surface area contributed by atoms with Crippen molar-refractivity contribution in [2.75, 3.05) is 18.5 Å². The van der Waals surface area contributed by atoms with E-state index in [1.807, 2.05) is 0 Å². The number of nitrogens with one attached hydrogen (secondary N) is 1. The summed E-state index contributed by atoms with van der Waals surface area (Å²) in [6, 6.07) is 15.5. The molecule has 1 atom stereocenters. The van der Waals surface area contributed by atoms with Crippen LogP contribution in [0.1, 0.15) is 47.3 Å². The van der Waals surface area contributed by atoms with Crippen LogP contribution in [0.15, 0.2) is 66.7 Å². The van der Waals surface area contributed by atoms with Crippen molar-refractivity contribution in [3.63, 3.8) is 0 Å². The molecule has 0 aliphatic carbocycles. The van der Waals surface area contributed by atoms with Crippen LogP contribution >= 0.6 is 0 Å². The fraction of sp³-hybridized carbons (Fsp3) is 0.231. The SMILES string of the molecule is CCCCOc1ccc(C(=O)N2CC(=O)Nc3ccc(F)cc3C2c2ccc(F)cc2)cc1. The van der Waals surface area contributed by atoms with Crippen molar-refractivity contribution in [2.45, 2.75) is 25.8 Å². The third-order valence-electron chi connectivity index (χ3n) is 5.52. The molecule has 4 rings (SSSR count). The fourth-order valence-corrected chi connectivity index (χ4v) is 3.86. The van der Waals surface area contributed by atoms with Crippen LogP contribution in [0.25, 0.3) is 0 Å². The summed E-state index contributed by atoms with van der Waals surface area (Å²) < 4.78 is 33.5. The Morgan fingerprint density at radius 3 is 2.42 bits per heavy atom. The van der Waals surface area contributed by atoms with Gasteiger partial charge >= 0.3 is 0 Å². The predicted molar refractivity (Wildman–Crippen MR) is 121 cm³/mol. The maximum atomic E-state index is 14.2. The van der Waals surface area contributed by atoms with Crippen LogP contribution in [-0.2, 0) is 4.79 Å². The van der Waals surface area contributed by atoms with Gasteiger partial charge in [-0.2, -0.15) is 0 Å². The number of hydrogen-bond donors (Lipinski definition) is 1. The summed E-state index contributed by atoms with van der Waals surface area (Å²) >= 11 is 0. The van der Waals surface area contributed by atoms with Crippen LogP contribution < -0.4 is 10.1 Å². The summed E-state index contributed by atoms with van der Waals surface area (Å²) in [4.78, 5) is 27.6. The van der Waals surface area contributed by atoms with E-state index in [9.17, 15) is 18.4 Å². The largest absolute Gasteiger partial charge is 0.494 e. The Hall–Kier alpha value is -3.74. The minimum Gasteiger partial charge on any atom is -0.494 e. The number of benzene rings is 3. The molecule has 0 saturated carbocycles. The first kappa shape index (κ1) is 22.5. The first-order valence-electron chi connectivity index (χ1n) is 10.8. The smallest absolute Gasteiger partial charge is 0.255 e. The van der Waals surface area contributed by atoms with Crippen molar-refractivity contribution in [2.24, 2.45) is 0 Å². The van der Waals surface area contributed by atoms with Gasteiger partial charge in [-0.3, -0.25) is 9.59 Å². The number of amides is 2. The molecule has 3 aromatic rings. The normalized spacial score (nSPS) is 15.4. The molecule has 2 amide bonds. The van der Waals surface area contributed by atoms with Gasteiger partial charge in [0.1, 0.15) is 23.9 Å². The summed E-state index contributed by atoms with van der Waals surface area (Å²) in [5.41, 5.74) is 1.75. The van der Waals surface area contributed by atoms with E-state index in [-0.39, 0.29) is 6.54 Å². The number of halogens is 2. The third kappa shape index (κ3) is 5.03. The molecule has 170 valence electrons. The molecule has 1 aliphatic rings. The van der Waals surface area contributed by atoms with Gasteiger partial charge in [-0.25, -0.2) is 8.78 Å². The molecule has 0 bridgehead atoms. The van der Waals surface area contributed by atoms with Crippen LogP contribution in [0, 0.1) is 11.6 Å². The van der Waals surface area contributed by atoms with Crippen molar-refractivity contribution < 1.29 is 23.1 Å². The van der Waals surface area contributed by atoms with Gasteiger partial charge in [0.2, 0.25) is 5.91 Å². The van der Waals surface area contributed by atoms with Crippen LogP contribution in [-0.4, -0.2) is 29.9 Å². The topological polar surface area (TPSA) is 58.6 Å². The Bertz CT molecular complexity index is 1150.